The van der Waals surface area contributed by atoms with Crippen molar-refractivity contribution in [3.8, 4) is 0 Å². The van der Waals surface area contributed by atoms with Crippen LogP contribution in [0.1, 0.15) is 24.8 Å². The van der Waals surface area contributed by atoms with E-state index in [0.717, 1.165) is 37.6 Å². The number of pyridine rings is 1. The van der Waals surface area contributed by atoms with Crippen LogP contribution in [0.5, 0.6) is 0 Å². The molecule has 20 heavy (non-hydrogen) atoms. The summed E-state index contributed by atoms with van der Waals surface area (Å²) >= 11 is 0. The number of imidazole rings is 1. The summed E-state index contributed by atoms with van der Waals surface area (Å²) in [6.07, 6.45) is 7.01. The van der Waals surface area contributed by atoms with Crippen LogP contribution in [0.3, 0.4) is 0 Å². The molecule has 1 saturated heterocycles. The largest absolute Gasteiger partial charge is 0.385 e. The Hall–Kier alpha value is -1.88. The van der Waals surface area contributed by atoms with Crippen LogP contribution >= 0.6 is 0 Å². The van der Waals surface area contributed by atoms with Gasteiger partial charge in [0, 0.05) is 44.6 Å². The number of nitrogens with zero attached hydrogens (tertiary/aromatic N) is 4. The molecule has 106 valence electrons. The second-order valence-electron chi connectivity index (χ2n) is 5.38. The van der Waals surface area contributed by atoms with Crippen molar-refractivity contribution >= 4 is 5.82 Å². The maximum absolute atomic E-state index is 10.5. The Kier molecular flexibility index (Phi) is 3.69. The average molecular weight is 272 g/mol. The zero-order valence-electron chi connectivity index (χ0n) is 11.7. The molecule has 0 amide bonds. The fourth-order valence-electron chi connectivity index (χ4n) is 2.89. The summed E-state index contributed by atoms with van der Waals surface area (Å²) in [5.41, 5.74) is 0. The van der Waals surface area contributed by atoms with Crippen molar-refractivity contribution in [2.75, 3.05) is 18.0 Å². The number of aryl methyl sites for hydroxylation is 1. The number of aromatic nitrogens is 3. The van der Waals surface area contributed by atoms with Crippen LogP contribution in [0.15, 0.2) is 36.8 Å². The summed E-state index contributed by atoms with van der Waals surface area (Å²) in [6.45, 7) is 1.83. The molecule has 0 radical (unpaired) electrons. The SMILES string of the molecule is Cn1ccnc1C(O)C1CCCN(c2ccccn2)C1. The summed E-state index contributed by atoms with van der Waals surface area (Å²) < 4.78 is 1.89. The van der Waals surface area contributed by atoms with Crippen LogP contribution in [-0.4, -0.2) is 32.7 Å². The lowest BCUT2D eigenvalue weighted by Gasteiger charge is -2.35. The van der Waals surface area contributed by atoms with Crippen molar-refractivity contribution in [1.29, 1.82) is 0 Å². The number of anilines is 1. The van der Waals surface area contributed by atoms with Gasteiger partial charge in [0.05, 0.1) is 0 Å². The molecule has 2 atom stereocenters. The molecule has 1 aliphatic heterocycles. The van der Waals surface area contributed by atoms with E-state index in [9.17, 15) is 5.11 Å². The van der Waals surface area contributed by atoms with E-state index in [2.05, 4.69) is 14.9 Å². The fraction of sp³-hybridized carbons (Fsp3) is 0.467. The molecular formula is C15H20N4O. The highest BCUT2D eigenvalue weighted by molar-refractivity contribution is 5.38. The van der Waals surface area contributed by atoms with E-state index in [1.807, 2.05) is 42.2 Å². The first-order valence-electron chi connectivity index (χ1n) is 7.07. The van der Waals surface area contributed by atoms with Gasteiger partial charge in [-0.05, 0) is 25.0 Å². The molecule has 1 aliphatic rings. The molecule has 3 heterocycles. The minimum atomic E-state index is -0.512. The molecular weight excluding hydrogens is 252 g/mol. The first kappa shape index (κ1) is 13.1. The van der Waals surface area contributed by atoms with E-state index < -0.39 is 6.10 Å². The van der Waals surface area contributed by atoms with Crippen LogP contribution in [0.4, 0.5) is 5.82 Å². The second kappa shape index (κ2) is 5.63. The lowest BCUT2D eigenvalue weighted by molar-refractivity contribution is 0.0874. The quantitative estimate of drug-likeness (QED) is 0.925. The van der Waals surface area contributed by atoms with Crippen molar-refractivity contribution < 1.29 is 5.11 Å². The minimum Gasteiger partial charge on any atom is -0.385 e. The Morgan fingerprint density at radius 3 is 2.90 bits per heavy atom. The molecule has 5 heteroatoms. The van der Waals surface area contributed by atoms with E-state index in [4.69, 9.17) is 0 Å². The van der Waals surface area contributed by atoms with E-state index >= 15 is 0 Å². The van der Waals surface area contributed by atoms with Crippen LogP contribution in [0.2, 0.25) is 0 Å². The van der Waals surface area contributed by atoms with Gasteiger partial charge in [-0.3, -0.25) is 0 Å². The van der Waals surface area contributed by atoms with Gasteiger partial charge in [0.2, 0.25) is 0 Å². The van der Waals surface area contributed by atoms with Gasteiger partial charge in [0.25, 0.3) is 0 Å². The molecule has 0 aliphatic carbocycles. The van der Waals surface area contributed by atoms with Crippen molar-refractivity contribution in [1.82, 2.24) is 14.5 Å². The summed E-state index contributed by atoms with van der Waals surface area (Å²) in [7, 11) is 1.92. The van der Waals surface area contributed by atoms with Gasteiger partial charge in [-0.15, -0.1) is 0 Å². The smallest absolute Gasteiger partial charge is 0.137 e. The Bertz CT molecular complexity index is 554. The molecule has 1 fully saturated rings. The predicted octanol–water partition coefficient (Wildman–Crippen LogP) is 1.77. The third kappa shape index (κ3) is 2.54. The second-order valence-corrected chi connectivity index (χ2v) is 5.38. The third-order valence-corrected chi connectivity index (χ3v) is 4.00. The summed E-state index contributed by atoms with van der Waals surface area (Å²) in [5.74, 6) is 1.94. The van der Waals surface area contributed by atoms with Gasteiger partial charge in [0.1, 0.15) is 17.7 Å². The van der Waals surface area contributed by atoms with E-state index in [0.29, 0.717) is 0 Å². The van der Waals surface area contributed by atoms with Gasteiger partial charge < -0.3 is 14.6 Å². The topological polar surface area (TPSA) is 54.2 Å². The van der Waals surface area contributed by atoms with Crippen molar-refractivity contribution in [2.45, 2.75) is 18.9 Å². The molecule has 2 aromatic rings. The monoisotopic (exact) mass is 272 g/mol. The number of hydrogen-bond donors (Lipinski definition) is 1. The van der Waals surface area contributed by atoms with Gasteiger partial charge in [0.15, 0.2) is 0 Å². The Morgan fingerprint density at radius 1 is 1.30 bits per heavy atom. The summed E-state index contributed by atoms with van der Waals surface area (Å²) in [5, 5.41) is 10.5. The molecule has 5 nitrogen and oxygen atoms in total. The average Bonchev–Trinajstić information content (AvgIpc) is 2.94. The molecule has 1 N–H and O–H groups in total. The molecule has 0 spiro atoms. The standard InChI is InChI=1S/C15H20N4O/c1-18-10-8-17-15(18)14(20)12-5-4-9-19(11-12)13-6-2-3-7-16-13/h2-3,6-8,10,12,14,20H,4-5,9,11H2,1H3. The van der Waals surface area contributed by atoms with Crippen LogP contribution in [0, 0.1) is 5.92 Å². The number of piperidine rings is 1. The van der Waals surface area contributed by atoms with Crippen molar-refractivity contribution in [3.05, 3.63) is 42.6 Å². The molecule has 0 aromatic carbocycles. The first-order chi connectivity index (χ1) is 9.75. The number of aliphatic hydroxyl groups is 1. The highest BCUT2D eigenvalue weighted by Crippen LogP contribution is 2.30. The highest BCUT2D eigenvalue weighted by atomic mass is 16.3. The molecule has 0 saturated carbocycles. The highest BCUT2D eigenvalue weighted by Gasteiger charge is 2.29. The van der Waals surface area contributed by atoms with Crippen LogP contribution in [0.25, 0.3) is 0 Å². The first-order valence-corrected chi connectivity index (χ1v) is 7.07. The number of aliphatic hydroxyl groups excluding tert-OH is 1. The van der Waals surface area contributed by atoms with Crippen molar-refractivity contribution in [3.63, 3.8) is 0 Å². The number of rotatable bonds is 3. The summed E-state index contributed by atoms with van der Waals surface area (Å²) in [4.78, 5) is 10.9. The zero-order valence-corrected chi connectivity index (χ0v) is 11.7. The van der Waals surface area contributed by atoms with Gasteiger partial charge in [-0.2, -0.15) is 0 Å². The number of hydrogen-bond acceptors (Lipinski definition) is 4. The third-order valence-electron chi connectivity index (χ3n) is 4.00. The lowest BCUT2D eigenvalue weighted by atomic mass is 9.92. The van der Waals surface area contributed by atoms with Crippen molar-refractivity contribution in [2.24, 2.45) is 13.0 Å². The van der Waals surface area contributed by atoms with E-state index in [-0.39, 0.29) is 5.92 Å². The maximum Gasteiger partial charge on any atom is 0.137 e. The Labute approximate surface area is 118 Å². The molecule has 2 unspecified atom stereocenters. The normalized spacial score (nSPS) is 20.9. The van der Waals surface area contributed by atoms with Crippen LogP contribution in [-0.2, 0) is 7.05 Å². The minimum absolute atomic E-state index is 0.201. The molecule has 2 aromatic heterocycles. The van der Waals surface area contributed by atoms with Gasteiger partial charge in [-0.25, -0.2) is 9.97 Å². The van der Waals surface area contributed by atoms with Crippen LogP contribution < -0.4 is 4.90 Å². The van der Waals surface area contributed by atoms with Gasteiger partial charge >= 0.3 is 0 Å². The molecule has 3 rings (SSSR count). The zero-order chi connectivity index (χ0) is 13.9. The molecule has 0 bridgehead atoms. The summed E-state index contributed by atoms with van der Waals surface area (Å²) in [6, 6.07) is 5.95. The maximum atomic E-state index is 10.5. The Balaban J connectivity index is 1.74. The Morgan fingerprint density at radius 2 is 2.20 bits per heavy atom. The lowest BCUT2D eigenvalue weighted by Crippen LogP contribution is -2.38. The van der Waals surface area contributed by atoms with E-state index in [1.165, 1.54) is 0 Å². The predicted molar refractivity (Wildman–Crippen MR) is 77.3 cm³/mol. The van der Waals surface area contributed by atoms with E-state index in [1.54, 1.807) is 6.20 Å². The fourth-order valence-corrected chi connectivity index (χ4v) is 2.89. The van der Waals surface area contributed by atoms with Gasteiger partial charge in [-0.1, -0.05) is 6.07 Å².